The zero-order valence-corrected chi connectivity index (χ0v) is 12.7. The summed E-state index contributed by atoms with van der Waals surface area (Å²) in [6.45, 7) is 6.53. The number of nitrogens with one attached hydrogen (secondary N) is 2. The van der Waals surface area contributed by atoms with Gasteiger partial charge < -0.3 is 15.4 Å². The Bertz CT molecular complexity index is 517. The Labute approximate surface area is 123 Å². The van der Waals surface area contributed by atoms with Crippen LogP contribution in [0, 0.1) is 16.0 Å². The molecule has 1 aromatic rings. The van der Waals surface area contributed by atoms with Crippen molar-refractivity contribution >= 4 is 17.3 Å². The number of nitro groups is 1. The first-order valence-corrected chi connectivity index (χ1v) is 6.71. The van der Waals surface area contributed by atoms with Gasteiger partial charge in [0, 0.05) is 12.1 Å². The van der Waals surface area contributed by atoms with Crippen molar-refractivity contribution in [2.24, 2.45) is 5.92 Å². The molecule has 1 rings (SSSR count). The largest absolute Gasteiger partial charge is 0.495 e. The standard InChI is InChI=1S/C14H21N3O4/c1-9(2)8-15-10(3)14(18)16-12-7-11(17(19)20)5-6-13(12)21-4/h5-7,9-10,15H,8H2,1-4H3,(H,16,18)/t10-/m1/s1. The molecular formula is C14H21N3O4. The van der Waals surface area contributed by atoms with E-state index in [-0.39, 0.29) is 17.3 Å². The molecule has 0 saturated heterocycles. The number of hydrogen-bond acceptors (Lipinski definition) is 5. The lowest BCUT2D eigenvalue weighted by Gasteiger charge is -2.16. The molecule has 0 radical (unpaired) electrons. The highest BCUT2D eigenvalue weighted by molar-refractivity contribution is 5.96. The van der Waals surface area contributed by atoms with Crippen LogP contribution in [0.3, 0.4) is 0 Å². The molecule has 0 spiro atoms. The van der Waals surface area contributed by atoms with Gasteiger partial charge in [-0.15, -0.1) is 0 Å². The smallest absolute Gasteiger partial charge is 0.271 e. The van der Waals surface area contributed by atoms with Crippen LogP contribution in [0.2, 0.25) is 0 Å². The number of rotatable bonds is 7. The maximum absolute atomic E-state index is 12.1. The van der Waals surface area contributed by atoms with Gasteiger partial charge in [0.05, 0.1) is 23.8 Å². The first-order chi connectivity index (χ1) is 9.85. The average Bonchev–Trinajstić information content (AvgIpc) is 2.44. The second-order valence-corrected chi connectivity index (χ2v) is 5.15. The summed E-state index contributed by atoms with van der Waals surface area (Å²) in [7, 11) is 1.44. The Morgan fingerprint density at radius 2 is 2.05 bits per heavy atom. The van der Waals surface area contributed by atoms with Crippen LogP contribution in [0.5, 0.6) is 5.75 Å². The van der Waals surface area contributed by atoms with E-state index in [1.807, 2.05) is 13.8 Å². The molecule has 0 aliphatic rings. The maximum atomic E-state index is 12.1. The van der Waals surface area contributed by atoms with Gasteiger partial charge in [0.25, 0.3) is 5.69 Å². The number of benzene rings is 1. The van der Waals surface area contributed by atoms with E-state index in [2.05, 4.69) is 10.6 Å². The molecule has 21 heavy (non-hydrogen) atoms. The quantitative estimate of drug-likeness (QED) is 0.594. The molecule has 0 fully saturated rings. The van der Waals surface area contributed by atoms with Crippen molar-refractivity contribution in [1.29, 1.82) is 0 Å². The Morgan fingerprint density at radius 3 is 2.57 bits per heavy atom. The van der Waals surface area contributed by atoms with Gasteiger partial charge in [0.1, 0.15) is 5.75 Å². The van der Waals surface area contributed by atoms with Crippen LogP contribution in [0.25, 0.3) is 0 Å². The highest BCUT2D eigenvalue weighted by Crippen LogP contribution is 2.28. The first-order valence-electron chi connectivity index (χ1n) is 6.71. The number of methoxy groups -OCH3 is 1. The minimum Gasteiger partial charge on any atom is -0.495 e. The van der Waals surface area contributed by atoms with E-state index >= 15 is 0 Å². The summed E-state index contributed by atoms with van der Waals surface area (Å²) in [6, 6.07) is 3.66. The third-order valence-electron chi connectivity index (χ3n) is 2.88. The maximum Gasteiger partial charge on any atom is 0.271 e. The van der Waals surface area contributed by atoms with Crippen molar-refractivity contribution in [3.8, 4) is 5.75 Å². The minimum absolute atomic E-state index is 0.103. The molecule has 0 aliphatic carbocycles. The molecule has 0 bridgehead atoms. The van der Waals surface area contributed by atoms with Gasteiger partial charge in [-0.2, -0.15) is 0 Å². The van der Waals surface area contributed by atoms with Gasteiger partial charge in [-0.05, 0) is 25.5 Å². The predicted molar refractivity (Wildman–Crippen MR) is 80.6 cm³/mol. The Balaban J connectivity index is 2.82. The summed E-state index contributed by atoms with van der Waals surface area (Å²) < 4.78 is 5.10. The topological polar surface area (TPSA) is 93.5 Å². The molecule has 0 aromatic heterocycles. The average molecular weight is 295 g/mol. The van der Waals surface area contributed by atoms with Crippen LogP contribution in [0.1, 0.15) is 20.8 Å². The number of hydrogen-bond donors (Lipinski definition) is 2. The fourth-order valence-corrected chi connectivity index (χ4v) is 1.65. The minimum atomic E-state index is -0.518. The molecule has 1 aromatic carbocycles. The molecule has 1 amide bonds. The summed E-state index contributed by atoms with van der Waals surface area (Å²) in [5, 5.41) is 16.5. The summed E-state index contributed by atoms with van der Waals surface area (Å²) in [5.41, 5.74) is 0.184. The van der Waals surface area contributed by atoms with E-state index in [4.69, 9.17) is 4.74 Å². The van der Waals surface area contributed by atoms with Crippen molar-refractivity contribution in [1.82, 2.24) is 5.32 Å². The molecule has 7 heteroatoms. The molecule has 2 N–H and O–H groups in total. The van der Waals surface area contributed by atoms with Gasteiger partial charge in [0.15, 0.2) is 0 Å². The Kier molecular flexibility index (Phi) is 6.10. The van der Waals surface area contributed by atoms with Gasteiger partial charge in [-0.1, -0.05) is 13.8 Å². The lowest BCUT2D eigenvalue weighted by Crippen LogP contribution is -2.39. The van der Waals surface area contributed by atoms with E-state index in [1.54, 1.807) is 6.92 Å². The molecule has 0 aliphatic heterocycles. The molecular weight excluding hydrogens is 274 g/mol. The Hall–Kier alpha value is -2.15. The number of ether oxygens (including phenoxy) is 1. The SMILES string of the molecule is COc1ccc([N+](=O)[O-])cc1NC(=O)[C@@H](C)NCC(C)C. The van der Waals surface area contributed by atoms with Crippen molar-refractivity contribution in [3.05, 3.63) is 28.3 Å². The van der Waals surface area contributed by atoms with Crippen LogP contribution < -0.4 is 15.4 Å². The molecule has 0 unspecified atom stereocenters. The molecule has 116 valence electrons. The van der Waals surface area contributed by atoms with E-state index < -0.39 is 11.0 Å². The molecule has 0 saturated carbocycles. The van der Waals surface area contributed by atoms with Crippen molar-refractivity contribution in [3.63, 3.8) is 0 Å². The summed E-state index contributed by atoms with van der Waals surface area (Å²) >= 11 is 0. The van der Waals surface area contributed by atoms with E-state index in [9.17, 15) is 14.9 Å². The van der Waals surface area contributed by atoms with Crippen LogP contribution in [0.4, 0.5) is 11.4 Å². The second kappa shape index (κ2) is 7.58. The fraction of sp³-hybridized carbons (Fsp3) is 0.500. The highest BCUT2D eigenvalue weighted by Gasteiger charge is 2.17. The Morgan fingerprint density at radius 1 is 1.38 bits per heavy atom. The fourth-order valence-electron chi connectivity index (χ4n) is 1.65. The number of amides is 1. The van der Waals surface area contributed by atoms with Crippen LogP contribution >= 0.6 is 0 Å². The van der Waals surface area contributed by atoms with Crippen LogP contribution in [0.15, 0.2) is 18.2 Å². The van der Waals surface area contributed by atoms with Crippen LogP contribution in [-0.2, 0) is 4.79 Å². The molecule has 7 nitrogen and oxygen atoms in total. The molecule has 1 atom stereocenters. The monoisotopic (exact) mass is 295 g/mol. The number of nitrogens with zero attached hydrogens (tertiary/aromatic N) is 1. The van der Waals surface area contributed by atoms with Crippen molar-refractivity contribution < 1.29 is 14.5 Å². The normalized spacial score (nSPS) is 12.0. The van der Waals surface area contributed by atoms with Crippen LogP contribution in [-0.4, -0.2) is 30.5 Å². The highest BCUT2D eigenvalue weighted by atomic mass is 16.6. The first kappa shape index (κ1) is 16.9. The van der Waals surface area contributed by atoms with Gasteiger partial charge >= 0.3 is 0 Å². The van der Waals surface area contributed by atoms with E-state index in [0.717, 1.165) is 0 Å². The zero-order valence-electron chi connectivity index (χ0n) is 12.7. The van der Waals surface area contributed by atoms with E-state index in [1.165, 1.54) is 25.3 Å². The van der Waals surface area contributed by atoms with Gasteiger partial charge in [-0.3, -0.25) is 14.9 Å². The second-order valence-electron chi connectivity index (χ2n) is 5.15. The number of carbonyl (C=O) groups is 1. The van der Waals surface area contributed by atoms with Gasteiger partial charge in [-0.25, -0.2) is 0 Å². The van der Waals surface area contributed by atoms with Crippen molar-refractivity contribution in [2.75, 3.05) is 19.0 Å². The summed E-state index contributed by atoms with van der Waals surface area (Å²) in [6.07, 6.45) is 0. The number of anilines is 1. The van der Waals surface area contributed by atoms with Crippen molar-refractivity contribution in [2.45, 2.75) is 26.8 Å². The third kappa shape index (κ3) is 5.03. The zero-order chi connectivity index (χ0) is 16.0. The number of nitro benzene ring substituents is 1. The number of non-ortho nitro benzene ring substituents is 1. The molecule has 0 heterocycles. The third-order valence-corrected chi connectivity index (χ3v) is 2.88. The lowest BCUT2D eigenvalue weighted by atomic mass is 10.2. The summed E-state index contributed by atoms with van der Waals surface area (Å²) in [5.74, 6) is 0.534. The summed E-state index contributed by atoms with van der Waals surface area (Å²) in [4.78, 5) is 22.3. The van der Waals surface area contributed by atoms with E-state index in [0.29, 0.717) is 18.2 Å². The van der Waals surface area contributed by atoms with Gasteiger partial charge in [0.2, 0.25) is 5.91 Å². The lowest BCUT2D eigenvalue weighted by molar-refractivity contribution is -0.384. The number of carbonyl (C=O) groups excluding carboxylic acids is 1. The predicted octanol–water partition coefficient (Wildman–Crippen LogP) is 2.18.